The van der Waals surface area contributed by atoms with Crippen LogP contribution in [0.1, 0.15) is 19.4 Å². The minimum Gasteiger partial charge on any atom is -0.358 e. The second-order valence-electron chi connectivity index (χ2n) is 5.85. The summed E-state index contributed by atoms with van der Waals surface area (Å²) >= 11 is 0. The van der Waals surface area contributed by atoms with Gasteiger partial charge >= 0.3 is 0 Å². The Kier molecular flexibility index (Phi) is 6.38. The molecule has 126 valence electrons. The summed E-state index contributed by atoms with van der Waals surface area (Å²) in [7, 11) is 3.10. The molecular weight excluding hydrogens is 304 g/mol. The van der Waals surface area contributed by atoms with Crippen LogP contribution in [-0.4, -0.2) is 49.4 Å². The molecule has 24 heavy (non-hydrogen) atoms. The number of hydrogen-bond donors (Lipinski definition) is 1. The van der Waals surface area contributed by atoms with Crippen LogP contribution in [0.2, 0.25) is 0 Å². The molecule has 0 spiro atoms. The number of carbonyl (C=O) groups excluding carboxylic acids is 2. The normalized spacial score (nSPS) is 10.2. The molecule has 0 radical (unpaired) electrons. The SMILES string of the molecule is C#Cc1cccc(N(CC(=O)NC)CC(=O)N(C)C(C)(C)C#N)c1. The van der Waals surface area contributed by atoms with E-state index >= 15 is 0 Å². The summed E-state index contributed by atoms with van der Waals surface area (Å²) in [6.07, 6.45) is 5.41. The van der Waals surface area contributed by atoms with Crippen LogP contribution in [0.15, 0.2) is 24.3 Å². The molecule has 0 atom stereocenters. The van der Waals surface area contributed by atoms with E-state index in [4.69, 9.17) is 6.42 Å². The van der Waals surface area contributed by atoms with Crippen LogP contribution in [0, 0.1) is 23.7 Å². The molecular formula is C18H22N4O2. The van der Waals surface area contributed by atoms with Crippen molar-refractivity contribution in [2.45, 2.75) is 19.4 Å². The smallest absolute Gasteiger partial charge is 0.243 e. The molecule has 0 aliphatic carbocycles. The molecule has 1 N–H and O–H groups in total. The molecule has 1 rings (SSSR count). The van der Waals surface area contributed by atoms with Gasteiger partial charge in [0.15, 0.2) is 0 Å². The molecule has 1 aromatic rings. The van der Waals surface area contributed by atoms with Crippen molar-refractivity contribution < 1.29 is 9.59 Å². The van der Waals surface area contributed by atoms with Crippen LogP contribution in [-0.2, 0) is 9.59 Å². The third-order valence-electron chi connectivity index (χ3n) is 3.80. The standard InChI is InChI=1S/C18H22N4O2/c1-6-14-8-7-9-15(10-14)22(11-16(23)20-4)12-17(24)21(5)18(2,3)13-19/h1,7-10H,11-12H2,2-5H3,(H,20,23). The zero-order valence-electron chi connectivity index (χ0n) is 14.5. The third kappa shape index (κ3) is 4.76. The van der Waals surface area contributed by atoms with Crippen molar-refractivity contribution in [1.82, 2.24) is 10.2 Å². The summed E-state index contributed by atoms with van der Waals surface area (Å²) in [6, 6.07) is 9.16. The molecule has 0 saturated carbocycles. The van der Waals surface area contributed by atoms with Crippen molar-refractivity contribution in [3.63, 3.8) is 0 Å². The molecule has 0 fully saturated rings. The van der Waals surface area contributed by atoms with E-state index in [-0.39, 0.29) is 24.9 Å². The van der Waals surface area contributed by atoms with Gasteiger partial charge in [-0.15, -0.1) is 6.42 Å². The number of rotatable bonds is 6. The van der Waals surface area contributed by atoms with Crippen LogP contribution >= 0.6 is 0 Å². The van der Waals surface area contributed by atoms with Crippen molar-refractivity contribution in [2.24, 2.45) is 0 Å². The summed E-state index contributed by atoms with van der Waals surface area (Å²) < 4.78 is 0. The summed E-state index contributed by atoms with van der Waals surface area (Å²) in [5.74, 6) is 2.04. The molecule has 0 aliphatic rings. The largest absolute Gasteiger partial charge is 0.358 e. The Hall–Kier alpha value is -2.99. The Morgan fingerprint density at radius 3 is 2.54 bits per heavy atom. The lowest BCUT2D eigenvalue weighted by Crippen LogP contribution is -2.49. The average molecular weight is 326 g/mol. The van der Waals surface area contributed by atoms with Gasteiger partial charge in [-0.25, -0.2) is 0 Å². The Morgan fingerprint density at radius 1 is 1.33 bits per heavy atom. The Bertz CT molecular complexity index is 698. The number of amides is 2. The zero-order chi connectivity index (χ0) is 18.3. The number of carbonyl (C=O) groups is 2. The van der Waals surface area contributed by atoms with Gasteiger partial charge in [-0.1, -0.05) is 12.0 Å². The Morgan fingerprint density at radius 2 is 2.00 bits per heavy atom. The maximum absolute atomic E-state index is 12.5. The molecule has 0 heterocycles. The van der Waals surface area contributed by atoms with Gasteiger partial charge in [0.25, 0.3) is 0 Å². The fraction of sp³-hybridized carbons (Fsp3) is 0.389. The minimum atomic E-state index is -0.934. The van der Waals surface area contributed by atoms with Crippen molar-refractivity contribution >= 4 is 17.5 Å². The van der Waals surface area contributed by atoms with Crippen LogP contribution in [0.4, 0.5) is 5.69 Å². The minimum absolute atomic E-state index is 0.0110. The van der Waals surface area contributed by atoms with E-state index in [1.165, 1.54) is 11.9 Å². The maximum Gasteiger partial charge on any atom is 0.243 e. The average Bonchev–Trinajstić information content (AvgIpc) is 2.60. The molecule has 2 amide bonds. The highest BCUT2D eigenvalue weighted by molar-refractivity contribution is 5.86. The van der Waals surface area contributed by atoms with Gasteiger partial charge in [-0.2, -0.15) is 5.26 Å². The number of terminal acetylenes is 1. The van der Waals surface area contributed by atoms with Gasteiger partial charge < -0.3 is 15.1 Å². The fourth-order valence-corrected chi connectivity index (χ4v) is 1.94. The predicted molar refractivity (Wildman–Crippen MR) is 93.1 cm³/mol. The number of likely N-dealkylation sites (N-methyl/N-ethyl adjacent to an activating group) is 2. The molecule has 0 saturated heterocycles. The number of nitrogens with zero attached hydrogens (tertiary/aromatic N) is 3. The molecule has 6 nitrogen and oxygen atoms in total. The first-order valence-electron chi connectivity index (χ1n) is 7.45. The van der Waals surface area contributed by atoms with E-state index in [0.717, 1.165) is 0 Å². The number of benzene rings is 1. The topological polar surface area (TPSA) is 76.4 Å². The predicted octanol–water partition coefficient (Wildman–Crippen LogP) is 0.981. The first-order valence-corrected chi connectivity index (χ1v) is 7.45. The lowest BCUT2D eigenvalue weighted by molar-refractivity contribution is -0.131. The van der Waals surface area contributed by atoms with Crippen molar-refractivity contribution in [3.8, 4) is 18.4 Å². The number of anilines is 1. The van der Waals surface area contributed by atoms with E-state index in [0.29, 0.717) is 11.3 Å². The Balaban J connectivity index is 3.07. The van der Waals surface area contributed by atoms with E-state index in [9.17, 15) is 14.9 Å². The maximum atomic E-state index is 12.5. The lowest BCUT2D eigenvalue weighted by atomic mass is 10.1. The molecule has 0 unspecified atom stereocenters. The van der Waals surface area contributed by atoms with E-state index in [1.807, 2.05) is 0 Å². The molecule has 0 aromatic heterocycles. The molecule has 6 heteroatoms. The lowest BCUT2D eigenvalue weighted by Gasteiger charge is -2.32. The van der Waals surface area contributed by atoms with Gasteiger partial charge in [0, 0.05) is 25.3 Å². The highest BCUT2D eigenvalue weighted by atomic mass is 16.2. The summed E-state index contributed by atoms with van der Waals surface area (Å²) in [4.78, 5) is 27.3. The summed E-state index contributed by atoms with van der Waals surface area (Å²) in [6.45, 7) is 3.29. The highest BCUT2D eigenvalue weighted by Gasteiger charge is 2.28. The number of nitrogens with one attached hydrogen (secondary N) is 1. The van der Waals surface area contributed by atoms with Gasteiger partial charge in [-0.3, -0.25) is 9.59 Å². The number of hydrogen-bond acceptors (Lipinski definition) is 4. The van der Waals surface area contributed by atoms with E-state index < -0.39 is 5.54 Å². The summed E-state index contributed by atoms with van der Waals surface area (Å²) in [5.41, 5.74) is 0.398. The third-order valence-corrected chi connectivity index (χ3v) is 3.80. The van der Waals surface area contributed by atoms with Crippen molar-refractivity contribution in [1.29, 1.82) is 5.26 Å². The van der Waals surface area contributed by atoms with Crippen LogP contribution in [0.25, 0.3) is 0 Å². The van der Waals surface area contributed by atoms with E-state index in [2.05, 4.69) is 17.3 Å². The quantitative estimate of drug-likeness (QED) is 0.791. The Labute approximate surface area is 143 Å². The van der Waals surface area contributed by atoms with Crippen LogP contribution in [0.5, 0.6) is 0 Å². The first-order chi connectivity index (χ1) is 11.2. The first kappa shape index (κ1) is 19.1. The highest BCUT2D eigenvalue weighted by Crippen LogP contribution is 2.17. The zero-order valence-corrected chi connectivity index (χ0v) is 14.5. The number of nitriles is 1. The fourth-order valence-electron chi connectivity index (χ4n) is 1.94. The van der Waals surface area contributed by atoms with Gasteiger partial charge in [0.2, 0.25) is 11.8 Å². The van der Waals surface area contributed by atoms with Crippen molar-refractivity contribution in [3.05, 3.63) is 29.8 Å². The van der Waals surface area contributed by atoms with Crippen LogP contribution < -0.4 is 10.2 Å². The monoisotopic (exact) mass is 326 g/mol. The van der Waals surface area contributed by atoms with Crippen LogP contribution in [0.3, 0.4) is 0 Å². The van der Waals surface area contributed by atoms with Gasteiger partial charge in [-0.05, 0) is 32.0 Å². The van der Waals surface area contributed by atoms with Crippen molar-refractivity contribution in [2.75, 3.05) is 32.1 Å². The second-order valence-corrected chi connectivity index (χ2v) is 5.85. The van der Waals surface area contributed by atoms with Gasteiger partial charge in [0.1, 0.15) is 5.54 Å². The van der Waals surface area contributed by atoms with E-state index in [1.54, 1.807) is 50.1 Å². The summed E-state index contributed by atoms with van der Waals surface area (Å²) in [5, 5.41) is 11.7. The molecule has 0 bridgehead atoms. The molecule has 0 aliphatic heterocycles. The second kappa shape index (κ2) is 8.03. The van der Waals surface area contributed by atoms with Gasteiger partial charge in [0.05, 0.1) is 19.2 Å². The molecule has 1 aromatic carbocycles.